The van der Waals surface area contributed by atoms with Gasteiger partial charge in [-0.1, -0.05) is 5.11 Å². The van der Waals surface area contributed by atoms with Gasteiger partial charge in [-0.15, -0.1) is 0 Å². The molecule has 0 spiro atoms. The molecule has 0 N–H and O–H groups in total. The monoisotopic (exact) mass is 317 g/mol. The normalized spacial score (nSPS) is 23.0. The summed E-state index contributed by atoms with van der Waals surface area (Å²) in [5, 5.41) is 3.42. The Morgan fingerprint density at radius 3 is 2.91 bits per heavy atom. The number of cyclic esters (lactones) is 1. The lowest BCUT2D eigenvalue weighted by atomic mass is 10.1. The molecule has 0 aliphatic carbocycles. The van der Waals surface area contributed by atoms with Gasteiger partial charge in [0.05, 0.1) is 24.5 Å². The Hall–Kier alpha value is -2.93. The number of azide groups is 1. The molecule has 1 unspecified atom stereocenters. The topological polar surface area (TPSA) is 108 Å². The number of carbonyl (C=O) groups is 2. The third kappa shape index (κ3) is 2.62. The first-order chi connectivity index (χ1) is 11.0. The minimum atomic E-state index is -0.578. The Balaban J connectivity index is 1.85. The standard InChI is InChI=1S/C14H15N5O4/c1-8-13(20)18(2)11-4-3-9(5-12(11)22-8)19-7-10(6-16-17-15)23-14(19)21/h3-5,8,10H,6-7H2,1-2H3/t8?,10-/m0/s1. The lowest BCUT2D eigenvalue weighted by Crippen LogP contribution is -2.42. The van der Waals surface area contributed by atoms with Gasteiger partial charge in [-0.3, -0.25) is 9.69 Å². The first-order valence-electron chi connectivity index (χ1n) is 7.08. The van der Waals surface area contributed by atoms with Gasteiger partial charge in [-0.05, 0) is 24.6 Å². The van der Waals surface area contributed by atoms with Gasteiger partial charge in [0.2, 0.25) is 0 Å². The summed E-state index contributed by atoms with van der Waals surface area (Å²) in [6, 6.07) is 5.15. The first kappa shape index (κ1) is 15.0. The highest BCUT2D eigenvalue weighted by molar-refractivity contribution is 6.00. The second kappa shape index (κ2) is 5.69. The molecule has 2 atom stereocenters. The average Bonchev–Trinajstić information content (AvgIpc) is 2.91. The van der Waals surface area contributed by atoms with Crippen molar-refractivity contribution in [3.8, 4) is 5.75 Å². The van der Waals surface area contributed by atoms with E-state index in [4.69, 9.17) is 15.0 Å². The molecule has 0 aromatic heterocycles. The Morgan fingerprint density at radius 2 is 2.17 bits per heavy atom. The van der Waals surface area contributed by atoms with Crippen molar-refractivity contribution in [1.82, 2.24) is 0 Å². The highest BCUT2D eigenvalue weighted by atomic mass is 16.6. The predicted octanol–water partition coefficient (Wildman–Crippen LogP) is 2.07. The van der Waals surface area contributed by atoms with E-state index in [1.807, 2.05) is 0 Å². The van der Waals surface area contributed by atoms with Crippen molar-refractivity contribution in [2.45, 2.75) is 19.1 Å². The lowest BCUT2D eigenvalue weighted by Gasteiger charge is -2.31. The molecule has 0 radical (unpaired) electrons. The maximum atomic E-state index is 12.0. The zero-order valence-corrected chi connectivity index (χ0v) is 12.7. The Labute approximate surface area is 132 Å². The number of ether oxygens (including phenoxy) is 2. The van der Waals surface area contributed by atoms with Crippen LogP contribution in [0, 0.1) is 0 Å². The van der Waals surface area contributed by atoms with Crippen LogP contribution >= 0.6 is 0 Å². The van der Waals surface area contributed by atoms with Crippen LogP contribution in [0.25, 0.3) is 10.4 Å². The molecule has 1 fully saturated rings. The van der Waals surface area contributed by atoms with Gasteiger partial charge in [-0.2, -0.15) is 0 Å². The third-order valence-electron chi connectivity index (χ3n) is 3.82. The molecule has 0 bridgehead atoms. The molecular formula is C14H15N5O4. The van der Waals surface area contributed by atoms with Crippen LogP contribution in [-0.4, -0.2) is 44.3 Å². The fourth-order valence-electron chi connectivity index (χ4n) is 2.63. The quantitative estimate of drug-likeness (QED) is 0.483. The Kier molecular flexibility index (Phi) is 3.71. The minimum absolute atomic E-state index is 0.0917. The average molecular weight is 317 g/mol. The molecule has 120 valence electrons. The summed E-state index contributed by atoms with van der Waals surface area (Å²) in [5.74, 6) is 0.406. The molecule has 9 nitrogen and oxygen atoms in total. The molecule has 2 aliphatic heterocycles. The SMILES string of the molecule is CC1Oc2cc(N3C[C@H](CN=[N+]=[N-])OC3=O)ccc2N(C)C1=O. The fourth-order valence-corrected chi connectivity index (χ4v) is 2.63. The highest BCUT2D eigenvalue weighted by Crippen LogP contribution is 2.37. The number of anilines is 2. The summed E-state index contributed by atoms with van der Waals surface area (Å²) in [4.78, 5) is 29.5. The summed E-state index contributed by atoms with van der Waals surface area (Å²) >= 11 is 0. The van der Waals surface area contributed by atoms with Gasteiger partial charge in [0.15, 0.2) is 6.10 Å². The number of hydrogen-bond acceptors (Lipinski definition) is 5. The largest absolute Gasteiger partial charge is 0.479 e. The molecule has 3 rings (SSSR count). The van der Waals surface area contributed by atoms with Crippen molar-refractivity contribution in [2.75, 3.05) is 29.9 Å². The number of carbonyl (C=O) groups excluding carboxylic acids is 2. The number of nitrogens with zero attached hydrogens (tertiary/aromatic N) is 5. The van der Waals surface area contributed by atoms with E-state index >= 15 is 0 Å². The van der Waals surface area contributed by atoms with Crippen LogP contribution in [0.2, 0.25) is 0 Å². The van der Waals surface area contributed by atoms with E-state index in [9.17, 15) is 9.59 Å². The Bertz CT molecular complexity index is 715. The predicted molar refractivity (Wildman–Crippen MR) is 81.6 cm³/mol. The molecule has 2 aliphatic rings. The summed E-state index contributed by atoms with van der Waals surface area (Å²) in [7, 11) is 1.68. The van der Waals surface area contributed by atoms with Crippen molar-refractivity contribution in [2.24, 2.45) is 5.11 Å². The van der Waals surface area contributed by atoms with E-state index in [1.54, 1.807) is 32.2 Å². The maximum Gasteiger partial charge on any atom is 0.414 e. The number of rotatable bonds is 3. The van der Waals surface area contributed by atoms with Crippen LogP contribution in [0.5, 0.6) is 5.75 Å². The molecule has 2 heterocycles. The number of hydrogen-bond donors (Lipinski definition) is 0. The number of amides is 2. The van der Waals surface area contributed by atoms with E-state index in [2.05, 4.69) is 10.0 Å². The van der Waals surface area contributed by atoms with E-state index in [1.165, 1.54) is 9.80 Å². The van der Waals surface area contributed by atoms with Crippen LogP contribution in [0.1, 0.15) is 6.92 Å². The van der Waals surface area contributed by atoms with Crippen LogP contribution in [0.4, 0.5) is 16.2 Å². The molecule has 1 aromatic carbocycles. The summed E-state index contributed by atoms with van der Waals surface area (Å²) < 4.78 is 10.8. The van der Waals surface area contributed by atoms with Gasteiger partial charge >= 0.3 is 6.09 Å². The Morgan fingerprint density at radius 1 is 1.39 bits per heavy atom. The van der Waals surface area contributed by atoms with Gasteiger partial charge in [0, 0.05) is 18.0 Å². The summed E-state index contributed by atoms with van der Waals surface area (Å²) in [5.41, 5.74) is 9.59. The third-order valence-corrected chi connectivity index (χ3v) is 3.82. The van der Waals surface area contributed by atoms with E-state index in [-0.39, 0.29) is 12.5 Å². The van der Waals surface area contributed by atoms with Gasteiger partial charge in [-0.25, -0.2) is 4.79 Å². The zero-order valence-electron chi connectivity index (χ0n) is 12.7. The van der Waals surface area contributed by atoms with Crippen molar-refractivity contribution in [3.63, 3.8) is 0 Å². The number of likely N-dealkylation sites (N-methyl/N-ethyl adjacent to an activating group) is 1. The number of benzene rings is 1. The molecule has 9 heteroatoms. The van der Waals surface area contributed by atoms with Crippen LogP contribution in [0.15, 0.2) is 23.3 Å². The zero-order chi connectivity index (χ0) is 16.6. The molecule has 23 heavy (non-hydrogen) atoms. The number of fused-ring (bicyclic) bond motifs is 1. The molecule has 1 aromatic rings. The molecule has 0 saturated carbocycles. The van der Waals surface area contributed by atoms with E-state index in [0.29, 0.717) is 23.7 Å². The maximum absolute atomic E-state index is 12.0. The van der Waals surface area contributed by atoms with Crippen molar-refractivity contribution < 1.29 is 19.1 Å². The summed E-state index contributed by atoms with van der Waals surface area (Å²) in [6.45, 7) is 2.06. The van der Waals surface area contributed by atoms with Crippen LogP contribution in [0.3, 0.4) is 0 Å². The molecule has 1 saturated heterocycles. The highest BCUT2D eigenvalue weighted by Gasteiger charge is 2.34. The van der Waals surface area contributed by atoms with E-state index in [0.717, 1.165) is 0 Å². The second-order valence-corrected chi connectivity index (χ2v) is 5.34. The van der Waals surface area contributed by atoms with Gasteiger partial charge in [0.1, 0.15) is 11.9 Å². The first-order valence-corrected chi connectivity index (χ1v) is 7.08. The fraction of sp³-hybridized carbons (Fsp3) is 0.429. The van der Waals surface area contributed by atoms with E-state index < -0.39 is 18.3 Å². The minimum Gasteiger partial charge on any atom is -0.479 e. The second-order valence-electron chi connectivity index (χ2n) is 5.34. The van der Waals surface area contributed by atoms with Crippen LogP contribution in [-0.2, 0) is 9.53 Å². The smallest absolute Gasteiger partial charge is 0.414 e. The van der Waals surface area contributed by atoms with Crippen molar-refractivity contribution >= 4 is 23.4 Å². The molecule has 2 amide bonds. The van der Waals surface area contributed by atoms with Gasteiger partial charge in [0.25, 0.3) is 5.91 Å². The van der Waals surface area contributed by atoms with Gasteiger partial charge < -0.3 is 14.4 Å². The molecular weight excluding hydrogens is 302 g/mol. The van der Waals surface area contributed by atoms with Crippen molar-refractivity contribution in [1.29, 1.82) is 0 Å². The van der Waals surface area contributed by atoms with Crippen molar-refractivity contribution in [3.05, 3.63) is 28.6 Å². The summed E-state index contributed by atoms with van der Waals surface area (Å²) in [6.07, 6.45) is -1.55. The van der Waals surface area contributed by atoms with Crippen LogP contribution < -0.4 is 14.5 Å². The lowest BCUT2D eigenvalue weighted by molar-refractivity contribution is -0.125.